The third kappa shape index (κ3) is 2.94. The van der Waals surface area contributed by atoms with Crippen LogP contribution in [0.5, 0.6) is 0 Å². The Labute approximate surface area is 126 Å². The molecule has 0 aliphatic heterocycles. The number of benzene rings is 2. The van der Waals surface area contributed by atoms with Gasteiger partial charge in [0.05, 0.1) is 12.4 Å². The molecule has 1 aromatic heterocycles. The Morgan fingerprint density at radius 2 is 1.70 bits per heavy atom. The Balaban J connectivity index is 1.98. The standard InChI is InChI=1S/C17H14BrN2/c18-16-8-6-15(7-9-16)17-12-19-10-11-20(17)13-14-4-2-1-3-5-14/h1-12H,13H2/q+1. The molecule has 2 aromatic carbocycles. The van der Waals surface area contributed by atoms with Gasteiger partial charge >= 0.3 is 0 Å². The number of hydrogen-bond donors (Lipinski definition) is 0. The minimum atomic E-state index is 0.842. The van der Waals surface area contributed by atoms with Gasteiger partial charge in [-0.3, -0.25) is 4.98 Å². The zero-order chi connectivity index (χ0) is 13.8. The first-order valence-corrected chi connectivity index (χ1v) is 7.25. The second-order valence-electron chi connectivity index (χ2n) is 4.58. The Kier molecular flexibility index (Phi) is 3.88. The van der Waals surface area contributed by atoms with Crippen molar-refractivity contribution >= 4 is 15.9 Å². The molecule has 0 saturated heterocycles. The summed E-state index contributed by atoms with van der Waals surface area (Å²) in [5.74, 6) is 0. The molecule has 0 atom stereocenters. The summed E-state index contributed by atoms with van der Waals surface area (Å²) in [6, 6.07) is 18.7. The summed E-state index contributed by atoms with van der Waals surface area (Å²) in [6.07, 6.45) is 5.75. The van der Waals surface area contributed by atoms with Crippen LogP contribution < -0.4 is 4.57 Å². The lowest BCUT2D eigenvalue weighted by molar-refractivity contribution is -0.678. The van der Waals surface area contributed by atoms with E-state index in [0.29, 0.717) is 0 Å². The lowest BCUT2D eigenvalue weighted by atomic mass is 10.1. The Morgan fingerprint density at radius 3 is 2.45 bits per heavy atom. The second-order valence-corrected chi connectivity index (χ2v) is 5.50. The van der Waals surface area contributed by atoms with Crippen molar-refractivity contribution in [3.05, 3.63) is 83.2 Å². The molecule has 0 aliphatic carbocycles. The quantitative estimate of drug-likeness (QED) is 0.668. The topological polar surface area (TPSA) is 16.8 Å². The fourth-order valence-electron chi connectivity index (χ4n) is 2.17. The van der Waals surface area contributed by atoms with E-state index < -0.39 is 0 Å². The van der Waals surface area contributed by atoms with Crippen molar-refractivity contribution in [1.29, 1.82) is 0 Å². The van der Waals surface area contributed by atoms with E-state index in [2.05, 4.69) is 74.0 Å². The first kappa shape index (κ1) is 13.0. The first-order valence-electron chi connectivity index (χ1n) is 6.46. The van der Waals surface area contributed by atoms with Crippen LogP contribution in [-0.4, -0.2) is 4.98 Å². The van der Waals surface area contributed by atoms with Crippen molar-refractivity contribution in [1.82, 2.24) is 4.98 Å². The third-order valence-electron chi connectivity index (χ3n) is 3.17. The maximum absolute atomic E-state index is 4.25. The largest absolute Gasteiger partial charge is 0.252 e. The SMILES string of the molecule is Brc1ccc(-c2cncc[n+]2Cc2ccccc2)cc1. The molecule has 3 heteroatoms. The highest BCUT2D eigenvalue weighted by atomic mass is 79.9. The molecule has 0 radical (unpaired) electrons. The van der Waals surface area contributed by atoms with E-state index in [-0.39, 0.29) is 0 Å². The van der Waals surface area contributed by atoms with Gasteiger partial charge in [0.2, 0.25) is 5.69 Å². The van der Waals surface area contributed by atoms with Gasteiger partial charge in [0.1, 0.15) is 0 Å². The summed E-state index contributed by atoms with van der Waals surface area (Å²) in [7, 11) is 0. The number of nitrogens with zero attached hydrogens (tertiary/aromatic N) is 2. The maximum atomic E-state index is 4.25. The van der Waals surface area contributed by atoms with Crippen LogP contribution >= 0.6 is 15.9 Å². The highest BCUT2D eigenvalue weighted by Gasteiger charge is 2.13. The number of aromatic nitrogens is 2. The minimum Gasteiger partial charge on any atom is -0.252 e. The average Bonchev–Trinajstić information content (AvgIpc) is 2.50. The van der Waals surface area contributed by atoms with Crippen LogP contribution in [0.2, 0.25) is 0 Å². The van der Waals surface area contributed by atoms with Crippen molar-refractivity contribution in [3.63, 3.8) is 0 Å². The zero-order valence-electron chi connectivity index (χ0n) is 10.9. The van der Waals surface area contributed by atoms with Crippen LogP contribution in [0.1, 0.15) is 5.56 Å². The third-order valence-corrected chi connectivity index (χ3v) is 3.70. The van der Waals surface area contributed by atoms with Gasteiger partial charge in [-0.1, -0.05) is 46.3 Å². The molecular formula is C17H14BrN2+. The average molecular weight is 326 g/mol. The molecular weight excluding hydrogens is 312 g/mol. The summed E-state index contributed by atoms with van der Waals surface area (Å²) in [4.78, 5) is 4.25. The molecule has 0 amide bonds. The van der Waals surface area contributed by atoms with Gasteiger partial charge < -0.3 is 0 Å². The molecule has 1 heterocycles. The molecule has 2 nitrogen and oxygen atoms in total. The predicted octanol–water partition coefficient (Wildman–Crippen LogP) is 3.85. The molecule has 20 heavy (non-hydrogen) atoms. The summed E-state index contributed by atoms with van der Waals surface area (Å²) >= 11 is 3.47. The summed E-state index contributed by atoms with van der Waals surface area (Å²) < 4.78 is 3.30. The van der Waals surface area contributed by atoms with E-state index in [1.807, 2.05) is 24.7 Å². The van der Waals surface area contributed by atoms with Crippen molar-refractivity contribution in [2.45, 2.75) is 6.54 Å². The van der Waals surface area contributed by atoms with E-state index in [1.54, 1.807) is 0 Å². The summed E-state index contributed by atoms with van der Waals surface area (Å²) in [5, 5.41) is 0. The monoisotopic (exact) mass is 325 g/mol. The molecule has 98 valence electrons. The zero-order valence-corrected chi connectivity index (χ0v) is 12.5. The maximum Gasteiger partial charge on any atom is 0.231 e. The van der Waals surface area contributed by atoms with Gasteiger partial charge in [-0.2, -0.15) is 4.57 Å². The lowest BCUT2D eigenvalue weighted by Crippen LogP contribution is -2.36. The molecule has 0 saturated carbocycles. The fourth-order valence-corrected chi connectivity index (χ4v) is 2.43. The van der Waals surface area contributed by atoms with Gasteiger partial charge in [-0.05, 0) is 24.3 Å². The lowest BCUT2D eigenvalue weighted by Gasteiger charge is -2.04. The molecule has 0 fully saturated rings. The van der Waals surface area contributed by atoms with Gasteiger partial charge in [-0.15, -0.1) is 0 Å². The summed E-state index contributed by atoms with van der Waals surface area (Å²) in [6.45, 7) is 0.842. The number of rotatable bonds is 3. The molecule has 0 bridgehead atoms. The van der Waals surface area contributed by atoms with Crippen LogP contribution in [0.4, 0.5) is 0 Å². The molecule has 3 aromatic rings. The minimum absolute atomic E-state index is 0.842. The van der Waals surface area contributed by atoms with E-state index >= 15 is 0 Å². The normalized spacial score (nSPS) is 10.4. The Morgan fingerprint density at radius 1 is 0.950 bits per heavy atom. The van der Waals surface area contributed by atoms with Crippen molar-refractivity contribution in [2.24, 2.45) is 0 Å². The van der Waals surface area contributed by atoms with Crippen LogP contribution in [0.25, 0.3) is 11.3 Å². The molecule has 0 unspecified atom stereocenters. The van der Waals surface area contributed by atoms with Crippen LogP contribution in [0.3, 0.4) is 0 Å². The Bertz CT molecular complexity index is 694. The van der Waals surface area contributed by atoms with Gasteiger partial charge in [0.15, 0.2) is 12.7 Å². The second kappa shape index (κ2) is 5.97. The van der Waals surface area contributed by atoms with Crippen LogP contribution in [-0.2, 0) is 6.54 Å². The van der Waals surface area contributed by atoms with Gasteiger partial charge in [-0.25, -0.2) is 0 Å². The van der Waals surface area contributed by atoms with Crippen molar-refractivity contribution in [3.8, 4) is 11.3 Å². The van der Waals surface area contributed by atoms with Crippen LogP contribution in [0, 0.1) is 0 Å². The van der Waals surface area contributed by atoms with E-state index in [0.717, 1.165) is 22.3 Å². The fraction of sp³-hybridized carbons (Fsp3) is 0.0588. The number of hydrogen-bond acceptors (Lipinski definition) is 1. The molecule has 3 rings (SSSR count). The number of halogens is 1. The first-order chi connectivity index (χ1) is 9.83. The summed E-state index contributed by atoms with van der Waals surface area (Å²) in [5.41, 5.74) is 3.56. The van der Waals surface area contributed by atoms with E-state index in [9.17, 15) is 0 Å². The van der Waals surface area contributed by atoms with Crippen molar-refractivity contribution in [2.75, 3.05) is 0 Å². The molecule has 0 spiro atoms. The van der Waals surface area contributed by atoms with E-state index in [4.69, 9.17) is 0 Å². The van der Waals surface area contributed by atoms with E-state index in [1.165, 1.54) is 5.56 Å². The molecule has 0 aliphatic rings. The van der Waals surface area contributed by atoms with Crippen LogP contribution in [0.15, 0.2) is 77.7 Å². The van der Waals surface area contributed by atoms with Gasteiger partial charge in [0, 0.05) is 15.6 Å². The van der Waals surface area contributed by atoms with Gasteiger partial charge in [0.25, 0.3) is 0 Å². The highest BCUT2D eigenvalue weighted by Crippen LogP contribution is 2.18. The highest BCUT2D eigenvalue weighted by molar-refractivity contribution is 9.10. The van der Waals surface area contributed by atoms with Crippen molar-refractivity contribution < 1.29 is 4.57 Å². The molecule has 0 N–H and O–H groups in total. The predicted molar refractivity (Wildman–Crippen MR) is 83.1 cm³/mol. The smallest absolute Gasteiger partial charge is 0.231 e. The Hall–Kier alpha value is -2.00.